The Balaban J connectivity index is 1.88. The minimum atomic E-state index is -0.437. The number of rotatable bonds is 4. The standard InChI is InChI=1S/C17H26BNO3/c1-11(2)13-10-19-15(9-14(13)20-12-7-8-12)18-21-16(3,4)17(5,6)22-18/h9-12H,7-8H2,1-6H3. The first-order valence-electron chi connectivity index (χ1n) is 8.22. The maximum absolute atomic E-state index is 6.09. The number of ether oxygens (including phenoxy) is 1. The molecule has 1 saturated carbocycles. The molecule has 0 aromatic carbocycles. The quantitative estimate of drug-likeness (QED) is 0.802. The molecule has 0 amide bonds. The summed E-state index contributed by atoms with van der Waals surface area (Å²) in [5.74, 6) is 1.31. The molecule has 0 atom stereocenters. The lowest BCUT2D eigenvalue weighted by Crippen LogP contribution is -2.41. The summed E-state index contributed by atoms with van der Waals surface area (Å²) >= 11 is 0. The number of hydrogen-bond donors (Lipinski definition) is 0. The Kier molecular flexibility index (Phi) is 3.77. The number of hydrogen-bond acceptors (Lipinski definition) is 4. The van der Waals surface area contributed by atoms with E-state index in [0.29, 0.717) is 12.0 Å². The van der Waals surface area contributed by atoms with Crippen molar-refractivity contribution in [2.24, 2.45) is 0 Å². The summed E-state index contributed by atoms with van der Waals surface area (Å²) in [4.78, 5) is 4.57. The highest BCUT2D eigenvalue weighted by Crippen LogP contribution is 2.37. The third-order valence-electron chi connectivity index (χ3n) is 4.85. The Bertz CT molecular complexity index is 551. The summed E-state index contributed by atoms with van der Waals surface area (Å²) < 4.78 is 18.2. The van der Waals surface area contributed by atoms with Gasteiger partial charge in [0.1, 0.15) is 5.75 Å². The molecule has 1 aromatic heterocycles. The molecule has 3 rings (SSSR count). The summed E-state index contributed by atoms with van der Waals surface area (Å²) in [6.45, 7) is 12.5. The van der Waals surface area contributed by atoms with Crippen molar-refractivity contribution in [1.82, 2.24) is 4.98 Å². The molecular weight excluding hydrogens is 277 g/mol. The average Bonchev–Trinajstić information content (AvgIpc) is 3.17. The first kappa shape index (κ1) is 15.8. The van der Waals surface area contributed by atoms with Crippen LogP contribution in [0.25, 0.3) is 0 Å². The van der Waals surface area contributed by atoms with Gasteiger partial charge in [-0.3, -0.25) is 4.98 Å². The fourth-order valence-corrected chi connectivity index (χ4v) is 2.46. The van der Waals surface area contributed by atoms with E-state index in [1.807, 2.05) is 12.3 Å². The topological polar surface area (TPSA) is 40.6 Å². The molecular formula is C17H26BNO3. The van der Waals surface area contributed by atoms with E-state index in [-0.39, 0.29) is 11.2 Å². The lowest BCUT2D eigenvalue weighted by atomic mass is 9.83. The normalized spacial score (nSPS) is 23.1. The van der Waals surface area contributed by atoms with Crippen LogP contribution in [-0.2, 0) is 9.31 Å². The van der Waals surface area contributed by atoms with Gasteiger partial charge >= 0.3 is 7.12 Å². The molecule has 0 N–H and O–H groups in total. The Hall–Kier alpha value is -1.07. The van der Waals surface area contributed by atoms with Gasteiger partial charge in [0.05, 0.1) is 22.9 Å². The SMILES string of the molecule is CC(C)c1cnc(B2OC(C)(C)C(C)(C)O2)cc1OC1CC1. The minimum Gasteiger partial charge on any atom is -0.490 e. The van der Waals surface area contributed by atoms with Crippen LogP contribution in [0.2, 0.25) is 0 Å². The number of pyridine rings is 1. The van der Waals surface area contributed by atoms with E-state index in [1.54, 1.807) is 0 Å². The molecule has 1 aliphatic heterocycles. The second-order valence-electron chi connectivity index (χ2n) is 7.71. The van der Waals surface area contributed by atoms with Crippen molar-refractivity contribution in [1.29, 1.82) is 0 Å². The molecule has 22 heavy (non-hydrogen) atoms. The first-order valence-corrected chi connectivity index (χ1v) is 8.22. The average molecular weight is 303 g/mol. The fourth-order valence-electron chi connectivity index (χ4n) is 2.46. The third-order valence-corrected chi connectivity index (χ3v) is 4.85. The Morgan fingerprint density at radius 2 is 1.77 bits per heavy atom. The van der Waals surface area contributed by atoms with Crippen molar-refractivity contribution in [3.05, 3.63) is 17.8 Å². The molecule has 4 nitrogen and oxygen atoms in total. The molecule has 0 radical (unpaired) electrons. The molecule has 2 fully saturated rings. The van der Waals surface area contributed by atoms with E-state index in [2.05, 4.69) is 46.5 Å². The predicted molar refractivity (Wildman–Crippen MR) is 87.7 cm³/mol. The molecule has 1 aromatic rings. The molecule has 0 bridgehead atoms. The van der Waals surface area contributed by atoms with Gasteiger partial charge in [-0.15, -0.1) is 0 Å². The third kappa shape index (κ3) is 2.89. The van der Waals surface area contributed by atoms with Crippen molar-refractivity contribution >= 4 is 12.7 Å². The molecule has 1 saturated heterocycles. The number of aromatic nitrogens is 1. The minimum absolute atomic E-state index is 0.354. The molecule has 120 valence electrons. The summed E-state index contributed by atoms with van der Waals surface area (Å²) in [5, 5.41) is 0. The van der Waals surface area contributed by atoms with Gasteiger partial charge in [-0.25, -0.2) is 0 Å². The second kappa shape index (κ2) is 5.24. The summed E-state index contributed by atoms with van der Waals surface area (Å²) in [5.41, 5.74) is 1.23. The van der Waals surface area contributed by atoms with Gasteiger partial charge in [0.2, 0.25) is 0 Å². The van der Waals surface area contributed by atoms with Gasteiger partial charge in [-0.1, -0.05) is 13.8 Å². The molecule has 1 aliphatic carbocycles. The summed E-state index contributed by atoms with van der Waals surface area (Å²) in [6.07, 6.45) is 4.56. The molecule has 0 spiro atoms. The van der Waals surface area contributed by atoms with E-state index in [4.69, 9.17) is 14.0 Å². The largest absolute Gasteiger partial charge is 0.514 e. The van der Waals surface area contributed by atoms with Crippen molar-refractivity contribution in [3.63, 3.8) is 0 Å². The Labute approximate surface area is 133 Å². The lowest BCUT2D eigenvalue weighted by Gasteiger charge is -2.32. The van der Waals surface area contributed by atoms with Crippen molar-refractivity contribution in [3.8, 4) is 5.75 Å². The molecule has 2 aliphatic rings. The van der Waals surface area contributed by atoms with Gasteiger partial charge < -0.3 is 14.0 Å². The van der Waals surface area contributed by atoms with Crippen LogP contribution in [0.15, 0.2) is 12.3 Å². The fraction of sp³-hybridized carbons (Fsp3) is 0.706. The zero-order chi connectivity index (χ0) is 16.1. The van der Waals surface area contributed by atoms with E-state index in [0.717, 1.165) is 29.7 Å². The van der Waals surface area contributed by atoms with Crippen molar-refractivity contribution in [2.45, 2.75) is 77.6 Å². The van der Waals surface area contributed by atoms with Crippen LogP contribution in [0.1, 0.15) is 65.9 Å². The van der Waals surface area contributed by atoms with Gasteiger partial charge in [0, 0.05) is 11.8 Å². The van der Waals surface area contributed by atoms with Crippen LogP contribution < -0.4 is 10.3 Å². The Morgan fingerprint density at radius 1 is 1.18 bits per heavy atom. The van der Waals surface area contributed by atoms with Gasteiger partial charge in [-0.2, -0.15) is 0 Å². The number of nitrogens with zero attached hydrogens (tertiary/aromatic N) is 1. The van der Waals surface area contributed by atoms with Crippen LogP contribution in [0.4, 0.5) is 0 Å². The molecule has 0 unspecified atom stereocenters. The van der Waals surface area contributed by atoms with Crippen LogP contribution >= 0.6 is 0 Å². The van der Waals surface area contributed by atoms with Gasteiger partial charge in [0.15, 0.2) is 0 Å². The molecule has 5 heteroatoms. The maximum Gasteiger partial charge on any atom is 0.514 e. The van der Waals surface area contributed by atoms with E-state index in [9.17, 15) is 0 Å². The second-order valence-corrected chi connectivity index (χ2v) is 7.71. The van der Waals surface area contributed by atoms with Crippen LogP contribution in [0, 0.1) is 0 Å². The highest BCUT2D eigenvalue weighted by Gasteiger charge is 2.52. The highest BCUT2D eigenvalue weighted by atomic mass is 16.7. The molecule has 2 heterocycles. The van der Waals surface area contributed by atoms with Crippen LogP contribution in [0.3, 0.4) is 0 Å². The van der Waals surface area contributed by atoms with Gasteiger partial charge in [0.25, 0.3) is 0 Å². The van der Waals surface area contributed by atoms with Crippen molar-refractivity contribution in [2.75, 3.05) is 0 Å². The highest BCUT2D eigenvalue weighted by molar-refractivity contribution is 6.61. The summed E-state index contributed by atoms with van der Waals surface area (Å²) in [6, 6.07) is 2.00. The van der Waals surface area contributed by atoms with Crippen LogP contribution in [0.5, 0.6) is 5.75 Å². The Morgan fingerprint density at radius 3 is 2.27 bits per heavy atom. The van der Waals surface area contributed by atoms with E-state index < -0.39 is 7.12 Å². The monoisotopic (exact) mass is 303 g/mol. The van der Waals surface area contributed by atoms with Crippen LogP contribution in [-0.4, -0.2) is 29.4 Å². The zero-order valence-electron chi connectivity index (χ0n) is 14.5. The summed E-state index contributed by atoms with van der Waals surface area (Å²) in [7, 11) is -0.437. The smallest absolute Gasteiger partial charge is 0.490 e. The van der Waals surface area contributed by atoms with Crippen molar-refractivity contribution < 1.29 is 14.0 Å². The van der Waals surface area contributed by atoms with E-state index in [1.165, 1.54) is 0 Å². The maximum atomic E-state index is 6.09. The van der Waals surface area contributed by atoms with Gasteiger partial charge in [-0.05, 0) is 52.5 Å². The van der Waals surface area contributed by atoms with E-state index >= 15 is 0 Å². The zero-order valence-corrected chi connectivity index (χ0v) is 14.5. The first-order chi connectivity index (χ1) is 10.2. The predicted octanol–water partition coefficient (Wildman–Crippen LogP) is 3.05. The lowest BCUT2D eigenvalue weighted by molar-refractivity contribution is 0.00578.